The van der Waals surface area contributed by atoms with E-state index >= 15 is 0 Å². The van der Waals surface area contributed by atoms with Gasteiger partial charge in [-0.15, -0.1) is 0 Å². The Morgan fingerprint density at radius 1 is 1.30 bits per heavy atom. The Morgan fingerprint density at radius 3 is 2.55 bits per heavy atom. The summed E-state index contributed by atoms with van der Waals surface area (Å²) < 4.78 is 5.69. The molecule has 0 bridgehead atoms. The quantitative estimate of drug-likeness (QED) is 0.812. The van der Waals surface area contributed by atoms with Crippen LogP contribution in [0.15, 0.2) is 0 Å². The van der Waals surface area contributed by atoms with E-state index in [0.717, 1.165) is 49.8 Å². The maximum absolute atomic E-state index is 5.69. The average Bonchev–Trinajstić information content (AvgIpc) is 2.92. The van der Waals surface area contributed by atoms with E-state index in [2.05, 4.69) is 33.0 Å². The number of hydrogen-bond acceptors (Lipinski definition) is 4. The summed E-state index contributed by atoms with van der Waals surface area (Å²) >= 11 is 0. The van der Waals surface area contributed by atoms with Crippen molar-refractivity contribution in [1.82, 2.24) is 15.3 Å². The number of nitrogens with zero attached hydrogens (tertiary/aromatic N) is 2. The second kappa shape index (κ2) is 7.14. The predicted molar refractivity (Wildman–Crippen MR) is 81.0 cm³/mol. The molecule has 1 aliphatic rings. The average molecular weight is 277 g/mol. The normalized spacial score (nSPS) is 20.3. The SMILES string of the molecule is CCCNCC(C)c1c(C)nc(C2CCCO2)nc1C. The van der Waals surface area contributed by atoms with Gasteiger partial charge in [-0.2, -0.15) is 0 Å². The maximum Gasteiger partial charge on any atom is 0.157 e. The Hall–Kier alpha value is -1.00. The van der Waals surface area contributed by atoms with Gasteiger partial charge in [0.15, 0.2) is 5.82 Å². The van der Waals surface area contributed by atoms with E-state index in [4.69, 9.17) is 14.7 Å². The summed E-state index contributed by atoms with van der Waals surface area (Å²) in [5.41, 5.74) is 3.50. The molecule has 0 aliphatic carbocycles. The lowest BCUT2D eigenvalue weighted by atomic mass is 9.97. The third-order valence-corrected chi connectivity index (χ3v) is 3.93. The Bertz CT molecular complexity index is 418. The molecule has 0 amide bonds. The molecule has 0 spiro atoms. The summed E-state index contributed by atoms with van der Waals surface area (Å²) in [6, 6.07) is 0. The molecular formula is C16H27N3O. The van der Waals surface area contributed by atoms with Gasteiger partial charge in [0.25, 0.3) is 0 Å². The molecule has 1 aromatic heterocycles. The van der Waals surface area contributed by atoms with Gasteiger partial charge < -0.3 is 10.1 Å². The van der Waals surface area contributed by atoms with Crippen molar-refractivity contribution in [3.63, 3.8) is 0 Å². The smallest absolute Gasteiger partial charge is 0.157 e. The molecule has 1 aromatic rings. The minimum Gasteiger partial charge on any atom is -0.370 e. The first-order valence-electron chi connectivity index (χ1n) is 7.80. The third-order valence-electron chi connectivity index (χ3n) is 3.93. The first-order valence-corrected chi connectivity index (χ1v) is 7.80. The molecule has 4 nitrogen and oxygen atoms in total. The van der Waals surface area contributed by atoms with E-state index in [-0.39, 0.29) is 6.10 Å². The first-order chi connectivity index (χ1) is 9.63. The van der Waals surface area contributed by atoms with Gasteiger partial charge in [0, 0.05) is 24.5 Å². The van der Waals surface area contributed by atoms with Gasteiger partial charge >= 0.3 is 0 Å². The Kier molecular flexibility index (Phi) is 5.49. The van der Waals surface area contributed by atoms with Crippen molar-refractivity contribution >= 4 is 0 Å². The van der Waals surface area contributed by atoms with Crippen LogP contribution in [0.25, 0.3) is 0 Å². The first kappa shape index (κ1) is 15.4. The van der Waals surface area contributed by atoms with Crippen LogP contribution in [-0.4, -0.2) is 29.7 Å². The molecule has 0 saturated carbocycles. The van der Waals surface area contributed by atoms with Crippen LogP contribution < -0.4 is 5.32 Å². The number of aryl methyl sites for hydroxylation is 2. The minimum atomic E-state index is 0.106. The van der Waals surface area contributed by atoms with E-state index in [9.17, 15) is 0 Å². The van der Waals surface area contributed by atoms with E-state index in [1.165, 1.54) is 12.0 Å². The maximum atomic E-state index is 5.69. The van der Waals surface area contributed by atoms with E-state index in [1.807, 2.05) is 0 Å². The van der Waals surface area contributed by atoms with Gasteiger partial charge in [-0.3, -0.25) is 0 Å². The van der Waals surface area contributed by atoms with Crippen LogP contribution in [0.1, 0.15) is 67.9 Å². The second-order valence-electron chi connectivity index (χ2n) is 5.77. The van der Waals surface area contributed by atoms with Gasteiger partial charge in [0.1, 0.15) is 6.10 Å². The van der Waals surface area contributed by atoms with E-state index in [0.29, 0.717) is 5.92 Å². The number of hydrogen-bond donors (Lipinski definition) is 1. The Balaban J connectivity index is 2.13. The monoisotopic (exact) mass is 277 g/mol. The van der Waals surface area contributed by atoms with Crippen LogP contribution in [-0.2, 0) is 4.74 Å². The second-order valence-corrected chi connectivity index (χ2v) is 5.77. The summed E-state index contributed by atoms with van der Waals surface area (Å²) in [7, 11) is 0. The molecule has 20 heavy (non-hydrogen) atoms. The molecule has 2 rings (SSSR count). The largest absolute Gasteiger partial charge is 0.370 e. The number of nitrogens with one attached hydrogen (secondary N) is 1. The van der Waals surface area contributed by atoms with Gasteiger partial charge in [-0.05, 0) is 51.1 Å². The fourth-order valence-corrected chi connectivity index (χ4v) is 2.99. The third kappa shape index (κ3) is 3.55. The minimum absolute atomic E-state index is 0.106. The molecule has 1 aliphatic heterocycles. The van der Waals surface area contributed by atoms with Crippen LogP contribution in [0, 0.1) is 13.8 Å². The van der Waals surface area contributed by atoms with E-state index < -0.39 is 0 Å². The van der Waals surface area contributed by atoms with Crippen molar-refractivity contribution in [3.05, 3.63) is 22.8 Å². The van der Waals surface area contributed by atoms with E-state index in [1.54, 1.807) is 0 Å². The zero-order chi connectivity index (χ0) is 14.5. The van der Waals surface area contributed by atoms with Crippen molar-refractivity contribution < 1.29 is 4.74 Å². The van der Waals surface area contributed by atoms with Crippen molar-refractivity contribution in [3.8, 4) is 0 Å². The predicted octanol–water partition coefficient (Wildman–Crippen LogP) is 3.05. The fraction of sp³-hybridized carbons (Fsp3) is 0.750. The van der Waals surface area contributed by atoms with Gasteiger partial charge in [0.05, 0.1) is 0 Å². The molecule has 2 atom stereocenters. The van der Waals surface area contributed by atoms with Crippen LogP contribution in [0.2, 0.25) is 0 Å². The van der Waals surface area contributed by atoms with Crippen molar-refractivity contribution in [1.29, 1.82) is 0 Å². The fourth-order valence-electron chi connectivity index (χ4n) is 2.99. The Morgan fingerprint density at radius 2 is 2.00 bits per heavy atom. The highest BCUT2D eigenvalue weighted by atomic mass is 16.5. The van der Waals surface area contributed by atoms with Crippen LogP contribution in [0.3, 0.4) is 0 Å². The summed E-state index contributed by atoms with van der Waals surface area (Å²) in [5.74, 6) is 1.31. The van der Waals surface area contributed by atoms with Crippen molar-refractivity contribution in [2.24, 2.45) is 0 Å². The Labute approximate surface area is 122 Å². The van der Waals surface area contributed by atoms with Gasteiger partial charge in [-0.25, -0.2) is 9.97 Å². The van der Waals surface area contributed by atoms with Crippen molar-refractivity contribution in [2.75, 3.05) is 19.7 Å². The topological polar surface area (TPSA) is 47.0 Å². The summed E-state index contributed by atoms with van der Waals surface area (Å²) in [6.45, 7) is 11.5. The lowest BCUT2D eigenvalue weighted by Crippen LogP contribution is -2.22. The van der Waals surface area contributed by atoms with Crippen LogP contribution in [0.4, 0.5) is 0 Å². The zero-order valence-corrected chi connectivity index (χ0v) is 13.2. The molecular weight excluding hydrogens is 250 g/mol. The molecule has 0 aromatic carbocycles. The lowest BCUT2D eigenvalue weighted by Gasteiger charge is -2.19. The molecule has 1 N–H and O–H groups in total. The summed E-state index contributed by atoms with van der Waals surface area (Å²) in [4.78, 5) is 9.40. The molecule has 112 valence electrons. The molecule has 2 unspecified atom stereocenters. The summed E-state index contributed by atoms with van der Waals surface area (Å²) in [5, 5.41) is 3.48. The number of ether oxygens (including phenoxy) is 1. The van der Waals surface area contributed by atoms with Crippen molar-refractivity contribution in [2.45, 2.75) is 59.0 Å². The molecule has 0 radical (unpaired) electrons. The van der Waals surface area contributed by atoms with Crippen LogP contribution >= 0.6 is 0 Å². The van der Waals surface area contributed by atoms with Gasteiger partial charge in [-0.1, -0.05) is 13.8 Å². The molecule has 4 heteroatoms. The highest BCUT2D eigenvalue weighted by Gasteiger charge is 2.23. The highest BCUT2D eigenvalue weighted by molar-refractivity contribution is 5.28. The lowest BCUT2D eigenvalue weighted by molar-refractivity contribution is 0.104. The van der Waals surface area contributed by atoms with Crippen LogP contribution in [0.5, 0.6) is 0 Å². The highest BCUT2D eigenvalue weighted by Crippen LogP contribution is 2.28. The number of rotatable bonds is 6. The standard InChI is InChI=1S/C16H27N3O/c1-5-8-17-10-11(2)15-12(3)18-16(19-13(15)4)14-7-6-9-20-14/h11,14,17H,5-10H2,1-4H3. The molecule has 2 heterocycles. The van der Waals surface area contributed by atoms with Gasteiger partial charge in [0.2, 0.25) is 0 Å². The summed E-state index contributed by atoms with van der Waals surface area (Å²) in [6.07, 6.45) is 3.44. The molecule has 1 fully saturated rings. The molecule has 1 saturated heterocycles. The zero-order valence-electron chi connectivity index (χ0n) is 13.2. The number of aromatic nitrogens is 2.